The van der Waals surface area contributed by atoms with Gasteiger partial charge in [0.25, 0.3) is 0 Å². The zero-order valence-corrected chi connectivity index (χ0v) is 22.5. The zero-order chi connectivity index (χ0) is 27.5. The molecule has 1 atom stereocenters. The fourth-order valence-corrected chi connectivity index (χ4v) is 4.90. The molecule has 202 valence electrons. The monoisotopic (exact) mass is 539 g/mol. The lowest BCUT2D eigenvalue weighted by atomic mass is 10.0. The molecule has 0 heterocycles. The molecule has 3 aromatic carbocycles. The maximum Gasteiger partial charge on any atom is 0.244 e. The van der Waals surface area contributed by atoms with Crippen LogP contribution in [0.4, 0.5) is 10.1 Å². The van der Waals surface area contributed by atoms with Crippen LogP contribution in [0.25, 0.3) is 0 Å². The van der Waals surface area contributed by atoms with Crippen LogP contribution in [0.3, 0.4) is 0 Å². The Labute approximate surface area is 224 Å². The second kappa shape index (κ2) is 13.7. The van der Waals surface area contributed by atoms with Gasteiger partial charge in [0.15, 0.2) is 0 Å². The van der Waals surface area contributed by atoms with E-state index in [1.807, 2.05) is 37.3 Å². The molecule has 2 amide bonds. The molecule has 7 nitrogen and oxygen atoms in total. The summed E-state index contributed by atoms with van der Waals surface area (Å²) in [4.78, 5) is 28.7. The van der Waals surface area contributed by atoms with Crippen molar-refractivity contribution in [2.75, 3.05) is 23.7 Å². The van der Waals surface area contributed by atoms with Crippen molar-refractivity contribution in [1.29, 1.82) is 0 Å². The molecule has 0 bridgehead atoms. The summed E-state index contributed by atoms with van der Waals surface area (Å²) in [6.07, 6.45) is 2.94. The van der Waals surface area contributed by atoms with Crippen LogP contribution in [0, 0.1) is 5.82 Å². The topological polar surface area (TPSA) is 86.8 Å². The highest BCUT2D eigenvalue weighted by atomic mass is 32.2. The van der Waals surface area contributed by atoms with Gasteiger partial charge in [-0.25, -0.2) is 12.8 Å². The molecule has 0 saturated heterocycles. The molecule has 0 unspecified atom stereocenters. The van der Waals surface area contributed by atoms with Crippen molar-refractivity contribution in [1.82, 2.24) is 10.2 Å². The number of unbranched alkanes of at least 4 members (excludes halogenated alkanes) is 1. The van der Waals surface area contributed by atoms with Gasteiger partial charge in [0.1, 0.15) is 18.4 Å². The molecule has 1 N–H and O–H groups in total. The van der Waals surface area contributed by atoms with Crippen LogP contribution in [-0.2, 0) is 32.6 Å². The van der Waals surface area contributed by atoms with Gasteiger partial charge >= 0.3 is 0 Å². The second-order valence-corrected chi connectivity index (χ2v) is 11.0. The van der Waals surface area contributed by atoms with Crippen molar-refractivity contribution in [3.63, 3.8) is 0 Å². The number of rotatable bonds is 13. The molecule has 0 spiro atoms. The lowest BCUT2D eigenvalue weighted by Gasteiger charge is -2.33. The Morgan fingerprint density at radius 2 is 1.50 bits per heavy atom. The Morgan fingerprint density at radius 1 is 0.895 bits per heavy atom. The van der Waals surface area contributed by atoms with Crippen LogP contribution >= 0.6 is 0 Å². The van der Waals surface area contributed by atoms with Crippen LogP contribution in [0.1, 0.15) is 30.9 Å². The summed E-state index contributed by atoms with van der Waals surface area (Å²) in [7, 11) is -3.81. The highest BCUT2D eigenvalue weighted by molar-refractivity contribution is 7.92. The molecule has 0 saturated carbocycles. The molecule has 0 aliphatic carbocycles. The van der Waals surface area contributed by atoms with E-state index >= 15 is 0 Å². The second-order valence-electron chi connectivity index (χ2n) is 9.10. The number of sulfonamides is 1. The molecule has 3 rings (SSSR count). The smallest absolute Gasteiger partial charge is 0.244 e. The number of carbonyl (C=O) groups excluding carboxylic acids is 2. The van der Waals surface area contributed by atoms with Gasteiger partial charge in [0.2, 0.25) is 21.8 Å². The molecule has 9 heteroatoms. The standard InChI is InChI=1S/C29H34FN3O4S/c1-3-4-19-31-29(35)27(20-23-11-7-5-8-12-23)32(21-24-15-17-25(30)18-16-24)28(34)22-33(38(2,36)37)26-13-9-6-10-14-26/h5-18,27H,3-4,19-22H2,1-2H3,(H,31,35)/t27-/m1/s1. The molecule has 0 radical (unpaired) electrons. The number of hydrogen-bond acceptors (Lipinski definition) is 4. The van der Waals surface area contributed by atoms with Crippen molar-refractivity contribution in [3.8, 4) is 0 Å². The lowest BCUT2D eigenvalue weighted by Crippen LogP contribution is -2.53. The third-order valence-electron chi connectivity index (χ3n) is 6.09. The Kier molecular flexibility index (Phi) is 10.4. The summed E-state index contributed by atoms with van der Waals surface area (Å²) in [5.41, 5.74) is 1.81. The minimum absolute atomic E-state index is 0.00417. The Morgan fingerprint density at radius 3 is 2.08 bits per heavy atom. The highest BCUT2D eigenvalue weighted by Crippen LogP contribution is 2.20. The van der Waals surface area contributed by atoms with Gasteiger partial charge in [-0.1, -0.05) is 74.0 Å². The van der Waals surface area contributed by atoms with Gasteiger partial charge < -0.3 is 10.2 Å². The van der Waals surface area contributed by atoms with Crippen LogP contribution < -0.4 is 9.62 Å². The number of nitrogens with zero attached hydrogens (tertiary/aromatic N) is 2. The minimum atomic E-state index is -3.81. The van der Waals surface area contributed by atoms with Crippen LogP contribution in [0.15, 0.2) is 84.9 Å². The van der Waals surface area contributed by atoms with Gasteiger partial charge in [0, 0.05) is 19.5 Å². The first-order valence-corrected chi connectivity index (χ1v) is 14.4. The number of nitrogens with one attached hydrogen (secondary N) is 1. The average molecular weight is 540 g/mol. The van der Waals surface area contributed by atoms with Crippen molar-refractivity contribution in [2.45, 2.75) is 38.8 Å². The molecule has 0 aliphatic heterocycles. The minimum Gasteiger partial charge on any atom is -0.354 e. The summed E-state index contributed by atoms with van der Waals surface area (Å²) in [5.74, 6) is -1.30. The first-order valence-electron chi connectivity index (χ1n) is 12.6. The summed E-state index contributed by atoms with van der Waals surface area (Å²) in [6.45, 7) is 1.99. The molecule has 0 aliphatic rings. The summed E-state index contributed by atoms with van der Waals surface area (Å²) in [6, 6.07) is 22.4. The van der Waals surface area contributed by atoms with Crippen LogP contribution in [-0.4, -0.2) is 50.5 Å². The molecule has 0 aromatic heterocycles. The number of amides is 2. The maximum atomic E-state index is 13.9. The van der Waals surface area contributed by atoms with E-state index in [1.54, 1.807) is 42.5 Å². The number of hydrogen-bond donors (Lipinski definition) is 1. The summed E-state index contributed by atoms with van der Waals surface area (Å²) in [5, 5.41) is 2.92. The van der Waals surface area contributed by atoms with E-state index in [-0.39, 0.29) is 18.9 Å². The van der Waals surface area contributed by atoms with Crippen LogP contribution in [0.2, 0.25) is 0 Å². The first kappa shape index (κ1) is 28.8. The largest absolute Gasteiger partial charge is 0.354 e. The predicted molar refractivity (Wildman–Crippen MR) is 147 cm³/mol. The molecular weight excluding hydrogens is 505 g/mol. The highest BCUT2D eigenvalue weighted by Gasteiger charge is 2.32. The quantitative estimate of drug-likeness (QED) is 0.331. The molecule has 0 fully saturated rings. The normalized spacial score (nSPS) is 12.0. The Bertz CT molecular complexity index is 1290. The fourth-order valence-electron chi connectivity index (χ4n) is 4.05. The van der Waals surface area contributed by atoms with Gasteiger partial charge in [-0.2, -0.15) is 0 Å². The third kappa shape index (κ3) is 8.41. The SMILES string of the molecule is CCCCNC(=O)[C@@H](Cc1ccccc1)N(Cc1ccc(F)cc1)C(=O)CN(c1ccccc1)S(C)(=O)=O. The molecule has 3 aromatic rings. The van der Waals surface area contributed by atoms with Crippen molar-refractivity contribution in [2.24, 2.45) is 0 Å². The average Bonchev–Trinajstić information content (AvgIpc) is 2.90. The summed E-state index contributed by atoms with van der Waals surface area (Å²) >= 11 is 0. The number of anilines is 1. The zero-order valence-electron chi connectivity index (χ0n) is 21.7. The van der Waals surface area contributed by atoms with Crippen LogP contribution in [0.5, 0.6) is 0 Å². The number of halogens is 1. The number of carbonyl (C=O) groups is 2. The summed E-state index contributed by atoms with van der Waals surface area (Å²) < 4.78 is 40.0. The van der Waals surface area contributed by atoms with E-state index in [4.69, 9.17) is 0 Å². The third-order valence-corrected chi connectivity index (χ3v) is 7.23. The van der Waals surface area contributed by atoms with E-state index in [1.165, 1.54) is 17.0 Å². The number of benzene rings is 3. The van der Waals surface area contributed by atoms with E-state index in [2.05, 4.69) is 5.32 Å². The van der Waals surface area contributed by atoms with E-state index in [0.717, 1.165) is 29.0 Å². The molecule has 38 heavy (non-hydrogen) atoms. The van der Waals surface area contributed by atoms with E-state index in [9.17, 15) is 22.4 Å². The van der Waals surface area contributed by atoms with E-state index in [0.29, 0.717) is 17.8 Å². The Hall–Kier alpha value is -3.72. The maximum absolute atomic E-state index is 13.9. The Balaban J connectivity index is 2.01. The van der Waals surface area contributed by atoms with Gasteiger partial charge in [-0.15, -0.1) is 0 Å². The van der Waals surface area contributed by atoms with E-state index < -0.39 is 34.3 Å². The fraction of sp³-hybridized carbons (Fsp3) is 0.310. The first-order chi connectivity index (χ1) is 18.2. The van der Waals surface area contributed by atoms with Crippen molar-refractivity contribution in [3.05, 3.63) is 102 Å². The van der Waals surface area contributed by atoms with Gasteiger partial charge in [-0.3, -0.25) is 13.9 Å². The van der Waals surface area contributed by atoms with Crippen molar-refractivity contribution >= 4 is 27.5 Å². The lowest BCUT2D eigenvalue weighted by molar-refractivity contribution is -0.140. The van der Waals surface area contributed by atoms with Gasteiger partial charge in [0.05, 0.1) is 11.9 Å². The van der Waals surface area contributed by atoms with Crippen molar-refractivity contribution < 1.29 is 22.4 Å². The van der Waals surface area contributed by atoms with Gasteiger partial charge in [-0.05, 0) is 41.8 Å². The molecular formula is C29H34FN3O4S. The predicted octanol–water partition coefficient (Wildman–Crippen LogP) is 4.15. The number of para-hydroxylation sites is 1.